The molecule has 0 N–H and O–H groups in total. The van der Waals surface area contributed by atoms with Crippen molar-refractivity contribution in [3.8, 4) is 0 Å². The number of halogens is 3. The van der Waals surface area contributed by atoms with Crippen molar-refractivity contribution in [3.05, 3.63) is 12.7 Å². The van der Waals surface area contributed by atoms with Crippen molar-refractivity contribution in [1.29, 1.82) is 0 Å². The Morgan fingerprint density at radius 3 is 2.67 bits per heavy atom. The molecule has 0 bridgehead atoms. The summed E-state index contributed by atoms with van der Waals surface area (Å²) < 4.78 is 37.0. The first-order valence-corrected chi connectivity index (χ1v) is 8.26. The van der Waals surface area contributed by atoms with Crippen molar-refractivity contribution in [3.63, 3.8) is 0 Å². The van der Waals surface area contributed by atoms with Gasteiger partial charge in [-0.15, -0.1) is 6.58 Å². The molecule has 2 saturated heterocycles. The average molecular weight is 347 g/mol. The molecule has 0 saturated carbocycles. The molecule has 0 aromatic carbocycles. The zero-order chi connectivity index (χ0) is 17.7. The number of likely N-dealkylation sites (tertiary alicyclic amines) is 1. The molecule has 136 valence electrons. The fourth-order valence-corrected chi connectivity index (χ4v) is 3.23. The van der Waals surface area contributed by atoms with Gasteiger partial charge in [0.25, 0.3) is 0 Å². The Bertz CT molecular complexity index is 482. The van der Waals surface area contributed by atoms with Crippen LogP contribution in [0.5, 0.6) is 0 Å². The van der Waals surface area contributed by atoms with E-state index in [1.54, 1.807) is 20.8 Å². The maximum atomic E-state index is 12.6. The lowest BCUT2D eigenvalue weighted by atomic mass is 10.1. The van der Waals surface area contributed by atoms with Gasteiger partial charge in [0.1, 0.15) is 0 Å². The first-order valence-electron chi connectivity index (χ1n) is 8.26. The lowest BCUT2D eigenvalue weighted by molar-refractivity contribution is -0.138. The second-order valence-electron chi connectivity index (χ2n) is 6.37. The van der Waals surface area contributed by atoms with Gasteiger partial charge in [-0.3, -0.25) is 9.59 Å². The Balaban J connectivity index is 1.84. The van der Waals surface area contributed by atoms with Gasteiger partial charge < -0.3 is 14.7 Å². The van der Waals surface area contributed by atoms with Crippen molar-refractivity contribution < 1.29 is 22.8 Å². The van der Waals surface area contributed by atoms with Gasteiger partial charge in [0.15, 0.2) is 0 Å². The summed E-state index contributed by atoms with van der Waals surface area (Å²) in [4.78, 5) is 29.5. The Morgan fingerprint density at radius 1 is 1.25 bits per heavy atom. The van der Waals surface area contributed by atoms with E-state index in [1.165, 1.54) is 0 Å². The van der Waals surface area contributed by atoms with E-state index in [0.717, 1.165) is 0 Å². The number of nitrogens with zero attached hydrogens (tertiary/aromatic N) is 3. The quantitative estimate of drug-likeness (QED) is 0.708. The van der Waals surface area contributed by atoms with Crippen LogP contribution in [0, 0.1) is 5.92 Å². The normalized spacial score (nSPS) is 23.5. The summed E-state index contributed by atoms with van der Waals surface area (Å²) in [7, 11) is 0. The number of rotatable bonds is 5. The number of carbonyl (C=O) groups excluding carboxylic acids is 2. The molecule has 2 rings (SSSR count). The monoisotopic (exact) mass is 347 g/mol. The minimum Gasteiger partial charge on any atom is -0.341 e. The summed E-state index contributed by atoms with van der Waals surface area (Å²) in [5, 5.41) is 0. The zero-order valence-corrected chi connectivity index (χ0v) is 13.7. The van der Waals surface area contributed by atoms with Gasteiger partial charge in [0.05, 0.1) is 12.3 Å². The van der Waals surface area contributed by atoms with E-state index < -0.39 is 12.6 Å². The Kier molecular flexibility index (Phi) is 6.26. The van der Waals surface area contributed by atoms with Crippen molar-refractivity contribution in [2.45, 2.75) is 25.4 Å². The van der Waals surface area contributed by atoms with E-state index in [2.05, 4.69) is 6.58 Å². The Morgan fingerprint density at radius 2 is 2.00 bits per heavy atom. The predicted octanol–water partition coefficient (Wildman–Crippen LogP) is 1.51. The number of hydrogen-bond donors (Lipinski definition) is 0. The van der Waals surface area contributed by atoms with Crippen LogP contribution < -0.4 is 0 Å². The molecule has 0 spiro atoms. The zero-order valence-electron chi connectivity index (χ0n) is 13.7. The molecule has 2 amide bonds. The highest BCUT2D eigenvalue weighted by Gasteiger charge is 2.36. The summed E-state index contributed by atoms with van der Waals surface area (Å²) in [5.41, 5.74) is 0. The summed E-state index contributed by atoms with van der Waals surface area (Å²) >= 11 is 0. The van der Waals surface area contributed by atoms with E-state index in [0.29, 0.717) is 45.7 Å². The summed E-state index contributed by atoms with van der Waals surface area (Å²) in [6.45, 7) is 6.37. The molecule has 2 fully saturated rings. The van der Waals surface area contributed by atoms with Crippen LogP contribution >= 0.6 is 0 Å². The molecule has 0 radical (unpaired) electrons. The largest absolute Gasteiger partial charge is 0.390 e. The first kappa shape index (κ1) is 18.8. The molecule has 2 aliphatic heterocycles. The van der Waals surface area contributed by atoms with E-state index >= 15 is 0 Å². The highest BCUT2D eigenvalue weighted by molar-refractivity contribution is 5.89. The second kappa shape index (κ2) is 8.00. The van der Waals surface area contributed by atoms with E-state index in [-0.39, 0.29) is 30.7 Å². The van der Waals surface area contributed by atoms with Crippen molar-refractivity contribution >= 4 is 11.8 Å². The molecule has 8 heteroatoms. The van der Waals surface area contributed by atoms with Gasteiger partial charge in [-0.1, -0.05) is 6.08 Å². The Hall–Kier alpha value is -1.57. The molecule has 0 aromatic heterocycles. The fraction of sp³-hybridized carbons (Fsp3) is 0.750. The maximum absolute atomic E-state index is 12.6. The van der Waals surface area contributed by atoms with Crippen LogP contribution in [-0.4, -0.2) is 78.5 Å². The lowest BCUT2D eigenvalue weighted by Gasteiger charge is -2.24. The van der Waals surface area contributed by atoms with Gasteiger partial charge in [-0.05, 0) is 13.0 Å². The van der Waals surface area contributed by atoms with Crippen LogP contribution in [-0.2, 0) is 9.59 Å². The third-order valence-corrected chi connectivity index (χ3v) is 4.52. The van der Waals surface area contributed by atoms with Crippen LogP contribution in [0.25, 0.3) is 0 Å². The van der Waals surface area contributed by atoms with E-state index in [1.807, 2.05) is 0 Å². The van der Waals surface area contributed by atoms with Crippen LogP contribution in [0.3, 0.4) is 0 Å². The van der Waals surface area contributed by atoms with Gasteiger partial charge in [0, 0.05) is 45.7 Å². The molecule has 0 aromatic rings. The number of carbonyl (C=O) groups is 2. The molecule has 2 heterocycles. The van der Waals surface area contributed by atoms with Gasteiger partial charge in [-0.25, -0.2) is 0 Å². The number of hydrogen-bond acceptors (Lipinski definition) is 3. The minimum absolute atomic E-state index is 0.0272. The molecule has 1 unspecified atom stereocenters. The minimum atomic E-state index is -4.15. The van der Waals surface area contributed by atoms with Crippen molar-refractivity contribution in [2.24, 2.45) is 5.92 Å². The highest BCUT2D eigenvalue weighted by Crippen LogP contribution is 2.22. The molecule has 5 nitrogen and oxygen atoms in total. The van der Waals surface area contributed by atoms with Gasteiger partial charge in [0.2, 0.25) is 11.8 Å². The van der Waals surface area contributed by atoms with Gasteiger partial charge >= 0.3 is 6.18 Å². The third kappa shape index (κ3) is 5.22. The average Bonchev–Trinajstić information content (AvgIpc) is 2.73. The summed E-state index contributed by atoms with van der Waals surface area (Å²) in [6.07, 6.45) is -2.48. The van der Waals surface area contributed by atoms with Gasteiger partial charge in [-0.2, -0.15) is 13.2 Å². The molecular formula is C16H24F3N3O2. The van der Waals surface area contributed by atoms with Crippen LogP contribution in [0.2, 0.25) is 0 Å². The predicted molar refractivity (Wildman–Crippen MR) is 83.2 cm³/mol. The molecule has 1 atom stereocenters. The van der Waals surface area contributed by atoms with Crippen molar-refractivity contribution in [1.82, 2.24) is 14.7 Å². The summed E-state index contributed by atoms with van der Waals surface area (Å²) in [5.74, 6) is -0.457. The molecule has 24 heavy (non-hydrogen) atoms. The van der Waals surface area contributed by atoms with Crippen LogP contribution in [0.15, 0.2) is 12.7 Å². The van der Waals surface area contributed by atoms with Crippen molar-refractivity contribution in [2.75, 3.05) is 45.8 Å². The third-order valence-electron chi connectivity index (χ3n) is 4.52. The van der Waals surface area contributed by atoms with E-state index in [4.69, 9.17) is 0 Å². The van der Waals surface area contributed by atoms with Crippen LogP contribution in [0.1, 0.15) is 19.3 Å². The molecular weight excluding hydrogens is 323 g/mol. The topological polar surface area (TPSA) is 43.9 Å². The molecule has 2 aliphatic rings. The first-order chi connectivity index (χ1) is 11.3. The molecule has 0 aliphatic carbocycles. The maximum Gasteiger partial charge on any atom is 0.390 e. The number of alkyl halides is 3. The van der Waals surface area contributed by atoms with E-state index in [9.17, 15) is 22.8 Å². The fourth-order valence-electron chi connectivity index (χ4n) is 3.23. The SMILES string of the molecule is C=CCN1CC(C(=O)N2CCCN(CCC(F)(F)F)CC2)CC1=O. The smallest absolute Gasteiger partial charge is 0.341 e. The second-order valence-corrected chi connectivity index (χ2v) is 6.37. The number of amides is 2. The Labute approximate surface area is 140 Å². The standard InChI is InChI=1S/C16H24F3N3O2/c1-2-5-22-12-13(11-14(22)23)15(24)21-7-3-6-20(9-10-21)8-4-16(17,18)19/h2,13H,1,3-12H2. The summed E-state index contributed by atoms with van der Waals surface area (Å²) in [6, 6.07) is 0. The lowest BCUT2D eigenvalue weighted by Crippen LogP contribution is -2.40. The van der Waals surface area contributed by atoms with Crippen LogP contribution in [0.4, 0.5) is 13.2 Å². The highest BCUT2D eigenvalue weighted by atomic mass is 19.4.